The van der Waals surface area contributed by atoms with Crippen LogP contribution in [0.15, 0.2) is 24.3 Å². The van der Waals surface area contributed by atoms with E-state index in [4.69, 9.17) is 11.6 Å². The van der Waals surface area contributed by atoms with E-state index in [1.807, 2.05) is 25.1 Å². The van der Waals surface area contributed by atoms with Crippen LogP contribution in [0.4, 0.5) is 0 Å². The van der Waals surface area contributed by atoms with Crippen molar-refractivity contribution in [3.05, 3.63) is 46.5 Å². The van der Waals surface area contributed by atoms with Crippen LogP contribution in [0.5, 0.6) is 0 Å². The molecule has 1 N–H and O–H groups in total. The summed E-state index contributed by atoms with van der Waals surface area (Å²) in [6.45, 7) is 5.57. The van der Waals surface area contributed by atoms with Crippen LogP contribution in [0.2, 0.25) is 5.02 Å². The fourth-order valence-corrected chi connectivity index (χ4v) is 3.72. The maximum absolute atomic E-state index is 12.0. The summed E-state index contributed by atoms with van der Waals surface area (Å²) in [6, 6.07) is 7.92. The number of fused-ring (bicyclic) bond motifs is 1. The molecule has 1 saturated carbocycles. The minimum atomic E-state index is -0.108. The van der Waals surface area contributed by atoms with Crippen LogP contribution in [0.3, 0.4) is 0 Å². The molecule has 0 bridgehead atoms. The highest BCUT2D eigenvalue weighted by atomic mass is 35.5. The van der Waals surface area contributed by atoms with Crippen LogP contribution in [0, 0.1) is 5.92 Å². The lowest BCUT2D eigenvalue weighted by atomic mass is 10.2. The molecule has 2 heterocycles. The van der Waals surface area contributed by atoms with Crippen molar-refractivity contribution in [2.45, 2.75) is 45.3 Å². The Morgan fingerprint density at radius 3 is 2.92 bits per heavy atom. The fraction of sp³-hybridized carbons (Fsp3) is 0.526. The number of carbonyl (C=O) groups is 1. The van der Waals surface area contributed by atoms with E-state index in [0.29, 0.717) is 0 Å². The smallest absolute Gasteiger partial charge is 0.223 e. The summed E-state index contributed by atoms with van der Waals surface area (Å²) < 4.78 is 2.18. The molecular weight excluding hydrogens is 350 g/mol. The molecule has 1 unspecified atom stereocenters. The predicted molar refractivity (Wildman–Crippen MR) is 99.7 cm³/mol. The maximum Gasteiger partial charge on any atom is 0.223 e. The summed E-state index contributed by atoms with van der Waals surface area (Å²) in [4.78, 5) is 14.5. The molecule has 2 aromatic rings. The third-order valence-corrected chi connectivity index (χ3v) is 5.37. The van der Waals surface area contributed by atoms with E-state index in [9.17, 15) is 4.79 Å². The average molecular weight is 374 g/mol. The standard InChI is InChI=1S/C19H24ClN5O/c1-13(21-19(26)15-5-6-15)18-23-22-17-7-8-24(9-10-25(17)18)12-14-3-2-4-16(20)11-14/h2-4,11,13,15H,5-10,12H2,1H3,(H,21,26). The second kappa shape index (κ2) is 7.37. The number of carbonyl (C=O) groups excluding carboxylic acids is 1. The van der Waals surface area contributed by atoms with Crippen molar-refractivity contribution in [3.63, 3.8) is 0 Å². The van der Waals surface area contributed by atoms with Crippen LogP contribution in [-0.2, 0) is 24.3 Å². The minimum absolute atomic E-state index is 0.108. The van der Waals surface area contributed by atoms with E-state index in [0.717, 1.165) is 62.1 Å². The molecule has 1 fully saturated rings. The number of benzene rings is 1. The van der Waals surface area contributed by atoms with E-state index in [2.05, 4.69) is 31.0 Å². The Bertz CT molecular complexity index is 801. The molecule has 0 saturated heterocycles. The first-order valence-corrected chi connectivity index (χ1v) is 9.67. The number of amides is 1. The quantitative estimate of drug-likeness (QED) is 0.875. The number of nitrogens with one attached hydrogen (secondary N) is 1. The van der Waals surface area contributed by atoms with Gasteiger partial charge in [0.05, 0.1) is 6.04 Å². The molecule has 0 radical (unpaired) electrons. The first kappa shape index (κ1) is 17.5. The van der Waals surface area contributed by atoms with E-state index >= 15 is 0 Å². The molecule has 0 spiro atoms. The van der Waals surface area contributed by atoms with E-state index in [1.165, 1.54) is 5.56 Å². The highest BCUT2D eigenvalue weighted by Gasteiger charge is 2.31. The molecule has 138 valence electrons. The Morgan fingerprint density at radius 1 is 1.31 bits per heavy atom. The molecule has 1 aromatic carbocycles. The first-order valence-electron chi connectivity index (χ1n) is 9.29. The lowest BCUT2D eigenvalue weighted by Gasteiger charge is -2.20. The normalized spacial score (nSPS) is 18.8. The van der Waals surface area contributed by atoms with Crippen LogP contribution >= 0.6 is 11.6 Å². The number of rotatable bonds is 5. The Morgan fingerprint density at radius 2 is 2.15 bits per heavy atom. The highest BCUT2D eigenvalue weighted by Crippen LogP contribution is 2.29. The van der Waals surface area contributed by atoms with Crippen LogP contribution in [-0.4, -0.2) is 38.7 Å². The molecule has 1 aliphatic carbocycles. The van der Waals surface area contributed by atoms with Gasteiger partial charge in [0, 0.05) is 43.5 Å². The van der Waals surface area contributed by atoms with Crippen molar-refractivity contribution in [3.8, 4) is 0 Å². The van der Waals surface area contributed by atoms with E-state index in [-0.39, 0.29) is 17.9 Å². The Balaban J connectivity index is 1.41. The van der Waals surface area contributed by atoms with Gasteiger partial charge in [-0.2, -0.15) is 0 Å². The van der Waals surface area contributed by atoms with Gasteiger partial charge in [-0.1, -0.05) is 23.7 Å². The van der Waals surface area contributed by atoms with Crippen molar-refractivity contribution in [2.24, 2.45) is 5.92 Å². The van der Waals surface area contributed by atoms with Crippen molar-refractivity contribution in [1.29, 1.82) is 0 Å². The zero-order valence-electron chi connectivity index (χ0n) is 15.0. The maximum atomic E-state index is 12.0. The first-order chi connectivity index (χ1) is 12.6. The molecule has 2 aliphatic rings. The monoisotopic (exact) mass is 373 g/mol. The van der Waals surface area contributed by atoms with E-state index in [1.54, 1.807) is 0 Å². The topological polar surface area (TPSA) is 63.1 Å². The summed E-state index contributed by atoms with van der Waals surface area (Å²) in [5, 5.41) is 12.6. The Kier molecular flexibility index (Phi) is 4.96. The lowest BCUT2D eigenvalue weighted by Crippen LogP contribution is -2.31. The Labute approximate surface area is 158 Å². The van der Waals surface area contributed by atoms with Crippen molar-refractivity contribution < 1.29 is 4.79 Å². The van der Waals surface area contributed by atoms with Crippen molar-refractivity contribution in [2.75, 3.05) is 13.1 Å². The van der Waals surface area contributed by atoms with Gasteiger partial charge in [-0.05, 0) is 37.5 Å². The van der Waals surface area contributed by atoms with Gasteiger partial charge < -0.3 is 9.88 Å². The van der Waals surface area contributed by atoms with Gasteiger partial charge in [-0.25, -0.2) is 0 Å². The summed E-state index contributed by atoms with van der Waals surface area (Å²) in [5.74, 6) is 2.21. The largest absolute Gasteiger partial charge is 0.346 e. The highest BCUT2D eigenvalue weighted by molar-refractivity contribution is 6.30. The molecule has 1 aliphatic heterocycles. The van der Waals surface area contributed by atoms with Gasteiger partial charge in [0.2, 0.25) is 5.91 Å². The van der Waals surface area contributed by atoms with Gasteiger partial charge in [0.25, 0.3) is 0 Å². The van der Waals surface area contributed by atoms with Crippen LogP contribution in [0.1, 0.15) is 43.0 Å². The van der Waals surface area contributed by atoms with Gasteiger partial charge in [0.1, 0.15) is 5.82 Å². The second-order valence-corrected chi connectivity index (χ2v) is 7.72. The molecule has 1 atom stereocenters. The average Bonchev–Trinajstić information content (AvgIpc) is 3.41. The lowest BCUT2D eigenvalue weighted by molar-refractivity contribution is -0.123. The summed E-state index contributed by atoms with van der Waals surface area (Å²) in [5.41, 5.74) is 1.22. The molecule has 4 rings (SSSR count). The molecule has 26 heavy (non-hydrogen) atoms. The minimum Gasteiger partial charge on any atom is -0.346 e. The van der Waals surface area contributed by atoms with Crippen molar-refractivity contribution in [1.82, 2.24) is 25.0 Å². The number of hydrogen-bond acceptors (Lipinski definition) is 4. The fourth-order valence-electron chi connectivity index (χ4n) is 3.50. The molecule has 1 aromatic heterocycles. The summed E-state index contributed by atoms with van der Waals surface area (Å²) >= 11 is 6.10. The second-order valence-electron chi connectivity index (χ2n) is 7.29. The predicted octanol–water partition coefficient (Wildman–Crippen LogP) is 2.58. The zero-order chi connectivity index (χ0) is 18.1. The number of halogens is 1. The van der Waals surface area contributed by atoms with E-state index < -0.39 is 0 Å². The number of nitrogens with zero attached hydrogens (tertiary/aromatic N) is 4. The number of aromatic nitrogens is 3. The van der Waals surface area contributed by atoms with Crippen LogP contribution in [0.25, 0.3) is 0 Å². The number of hydrogen-bond donors (Lipinski definition) is 1. The van der Waals surface area contributed by atoms with Gasteiger partial charge in [0.15, 0.2) is 5.82 Å². The SMILES string of the molecule is CC(NC(=O)C1CC1)c1nnc2n1CCN(Cc1cccc(Cl)c1)CC2. The summed E-state index contributed by atoms with van der Waals surface area (Å²) in [7, 11) is 0. The van der Waals surface area contributed by atoms with Gasteiger partial charge in [-0.3, -0.25) is 9.69 Å². The molecular formula is C19H24ClN5O. The third-order valence-electron chi connectivity index (χ3n) is 5.14. The van der Waals surface area contributed by atoms with Crippen molar-refractivity contribution >= 4 is 17.5 Å². The summed E-state index contributed by atoms with van der Waals surface area (Å²) in [6.07, 6.45) is 2.88. The van der Waals surface area contributed by atoms with Gasteiger partial charge >= 0.3 is 0 Å². The Hall–Kier alpha value is -1.92. The molecule has 7 heteroatoms. The van der Waals surface area contributed by atoms with Gasteiger partial charge in [-0.15, -0.1) is 10.2 Å². The molecule has 1 amide bonds. The third kappa shape index (κ3) is 3.91. The molecule has 6 nitrogen and oxygen atoms in total. The van der Waals surface area contributed by atoms with Crippen LogP contribution < -0.4 is 5.32 Å². The zero-order valence-corrected chi connectivity index (χ0v) is 15.7.